The van der Waals surface area contributed by atoms with Gasteiger partial charge in [0.15, 0.2) is 5.78 Å². The third kappa shape index (κ3) is 2.31. The molecule has 2 rings (SSSR count). The van der Waals surface area contributed by atoms with E-state index in [0.717, 1.165) is 16.8 Å². The Morgan fingerprint density at radius 3 is 2.55 bits per heavy atom. The summed E-state index contributed by atoms with van der Waals surface area (Å²) < 4.78 is 6.13. The number of carbonyl (C=O) groups excluding carboxylic acids is 1. The Morgan fingerprint density at radius 1 is 1.45 bits per heavy atom. The molecule has 1 fully saturated rings. The molecule has 4 N–H and O–H groups in total. The first-order valence-electron chi connectivity index (χ1n) is 6.77. The molecule has 0 aliphatic carbocycles. The van der Waals surface area contributed by atoms with Crippen LogP contribution in [0.4, 0.5) is 0 Å². The lowest BCUT2D eigenvalue weighted by molar-refractivity contribution is -0.179. The number of carbonyl (C=O) groups is 1. The fourth-order valence-corrected chi connectivity index (χ4v) is 2.56. The van der Waals surface area contributed by atoms with Gasteiger partial charge in [-0.25, -0.2) is 4.79 Å². The number of ether oxygens (including phenoxy) is 1. The van der Waals surface area contributed by atoms with E-state index >= 15 is 0 Å². The summed E-state index contributed by atoms with van der Waals surface area (Å²) in [5.74, 6) is -1.30. The van der Waals surface area contributed by atoms with E-state index < -0.39 is 53.6 Å². The fourth-order valence-electron chi connectivity index (χ4n) is 2.56. The van der Waals surface area contributed by atoms with Gasteiger partial charge in [-0.1, -0.05) is 13.8 Å². The molecule has 0 spiro atoms. The quantitative estimate of drug-likeness (QED) is 0.482. The van der Waals surface area contributed by atoms with E-state index in [-0.39, 0.29) is 0 Å². The highest BCUT2D eigenvalue weighted by atomic mass is 16.6. The lowest BCUT2D eigenvalue weighted by Crippen LogP contribution is -2.57. The summed E-state index contributed by atoms with van der Waals surface area (Å²) >= 11 is 0. The van der Waals surface area contributed by atoms with E-state index in [1.807, 2.05) is 4.98 Å². The van der Waals surface area contributed by atoms with Crippen LogP contribution in [0.15, 0.2) is 21.9 Å². The maximum Gasteiger partial charge on any atom is 0.331 e. The second-order valence-electron chi connectivity index (χ2n) is 5.47. The molecule has 9 heteroatoms. The minimum Gasteiger partial charge on any atom is -0.394 e. The molecule has 122 valence electrons. The second-order valence-corrected chi connectivity index (χ2v) is 5.47. The lowest BCUT2D eigenvalue weighted by Gasteiger charge is -2.33. The molecular formula is C13H18N2O7. The van der Waals surface area contributed by atoms with Crippen molar-refractivity contribution in [3.05, 3.63) is 33.1 Å². The van der Waals surface area contributed by atoms with Crippen LogP contribution in [0.5, 0.6) is 0 Å². The van der Waals surface area contributed by atoms with Gasteiger partial charge in [0, 0.05) is 18.2 Å². The summed E-state index contributed by atoms with van der Waals surface area (Å²) in [5.41, 5.74) is -3.85. The van der Waals surface area contributed by atoms with Crippen molar-refractivity contribution in [1.82, 2.24) is 9.55 Å². The topological polar surface area (TPSA) is 142 Å². The van der Waals surface area contributed by atoms with E-state index in [9.17, 15) is 29.7 Å². The molecule has 0 unspecified atom stereocenters. The van der Waals surface area contributed by atoms with Gasteiger partial charge in [-0.2, -0.15) is 0 Å². The van der Waals surface area contributed by atoms with Gasteiger partial charge in [-0.05, 0) is 0 Å². The van der Waals surface area contributed by atoms with Gasteiger partial charge in [0.2, 0.25) is 5.72 Å². The molecule has 1 aliphatic rings. The maximum absolute atomic E-state index is 12.6. The van der Waals surface area contributed by atoms with Gasteiger partial charge in [-0.3, -0.25) is 19.1 Å². The smallest absolute Gasteiger partial charge is 0.331 e. The minimum atomic E-state index is -2.21. The molecule has 1 saturated heterocycles. The number of aliphatic hydroxyl groups is 3. The molecule has 0 bridgehead atoms. The predicted octanol–water partition coefficient (Wildman–Crippen LogP) is -2.47. The summed E-state index contributed by atoms with van der Waals surface area (Å²) in [4.78, 5) is 37.8. The molecule has 0 radical (unpaired) electrons. The van der Waals surface area contributed by atoms with Crippen LogP contribution in [0.2, 0.25) is 0 Å². The van der Waals surface area contributed by atoms with Crippen molar-refractivity contribution < 1.29 is 24.9 Å². The Labute approximate surface area is 124 Å². The highest BCUT2D eigenvalue weighted by Crippen LogP contribution is 2.37. The number of aromatic amines is 1. The maximum atomic E-state index is 12.6. The number of nitrogens with zero attached hydrogens (tertiary/aromatic N) is 1. The Bertz CT molecular complexity index is 679. The molecule has 2 heterocycles. The summed E-state index contributed by atoms with van der Waals surface area (Å²) in [6.07, 6.45) is -3.57. The molecule has 0 amide bonds. The molecule has 1 aliphatic heterocycles. The number of H-pyrrole nitrogens is 1. The SMILES string of the molecule is CC(C)C(=O)[C@@]1(n2ccc(=O)[nH]c2=O)O[C@H](CO)[C@@H](O)[C@H]1O. The predicted molar refractivity (Wildman–Crippen MR) is 73.1 cm³/mol. The van der Waals surface area contributed by atoms with Crippen LogP contribution in [0.1, 0.15) is 13.8 Å². The Hall–Kier alpha value is -1.81. The van der Waals surface area contributed by atoms with Crippen LogP contribution < -0.4 is 11.2 Å². The molecule has 1 aromatic heterocycles. The number of hydrogen-bond acceptors (Lipinski definition) is 7. The fraction of sp³-hybridized carbons (Fsp3) is 0.615. The summed E-state index contributed by atoms with van der Waals surface area (Å²) in [7, 11) is 0. The van der Waals surface area contributed by atoms with Crippen LogP contribution >= 0.6 is 0 Å². The number of hydrogen-bond donors (Lipinski definition) is 4. The summed E-state index contributed by atoms with van der Waals surface area (Å²) in [6.45, 7) is 2.43. The molecular weight excluding hydrogens is 296 g/mol. The van der Waals surface area contributed by atoms with Gasteiger partial charge >= 0.3 is 5.69 Å². The molecule has 22 heavy (non-hydrogen) atoms. The third-order valence-electron chi connectivity index (χ3n) is 3.68. The number of ketones is 1. The monoisotopic (exact) mass is 314 g/mol. The highest BCUT2D eigenvalue weighted by Gasteiger charge is 2.60. The molecule has 1 aromatic rings. The molecule has 9 nitrogen and oxygen atoms in total. The number of aliphatic hydroxyl groups excluding tert-OH is 3. The van der Waals surface area contributed by atoms with Crippen molar-refractivity contribution in [2.75, 3.05) is 6.61 Å². The highest BCUT2D eigenvalue weighted by molar-refractivity contribution is 5.88. The Balaban J connectivity index is 2.70. The number of rotatable bonds is 4. The number of nitrogens with one attached hydrogen (secondary N) is 1. The van der Waals surface area contributed by atoms with Crippen LogP contribution in [-0.4, -0.2) is 55.6 Å². The Kier molecular flexibility index (Phi) is 4.34. The largest absolute Gasteiger partial charge is 0.394 e. The second kappa shape index (κ2) is 5.76. The van der Waals surface area contributed by atoms with Crippen LogP contribution in [0.25, 0.3) is 0 Å². The first-order chi connectivity index (χ1) is 10.3. The van der Waals surface area contributed by atoms with Crippen LogP contribution in [-0.2, 0) is 15.3 Å². The molecule has 0 saturated carbocycles. The number of aromatic nitrogens is 2. The van der Waals surface area contributed by atoms with Gasteiger partial charge in [0.05, 0.1) is 6.61 Å². The van der Waals surface area contributed by atoms with Crippen molar-refractivity contribution in [3.63, 3.8) is 0 Å². The lowest BCUT2D eigenvalue weighted by atomic mass is 9.91. The minimum absolute atomic E-state index is 0.641. The van der Waals surface area contributed by atoms with E-state index in [0.29, 0.717) is 0 Å². The van der Waals surface area contributed by atoms with Crippen molar-refractivity contribution >= 4 is 5.78 Å². The van der Waals surface area contributed by atoms with Crippen molar-refractivity contribution in [1.29, 1.82) is 0 Å². The zero-order valence-corrected chi connectivity index (χ0v) is 12.1. The van der Waals surface area contributed by atoms with Gasteiger partial charge in [-0.15, -0.1) is 0 Å². The van der Waals surface area contributed by atoms with E-state index in [2.05, 4.69) is 0 Å². The van der Waals surface area contributed by atoms with Crippen molar-refractivity contribution in [2.45, 2.75) is 37.9 Å². The van der Waals surface area contributed by atoms with E-state index in [1.165, 1.54) is 13.8 Å². The zero-order chi connectivity index (χ0) is 16.7. The Morgan fingerprint density at radius 2 is 2.09 bits per heavy atom. The van der Waals surface area contributed by atoms with E-state index in [1.54, 1.807) is 0 Å². The first kappa shape index (κ1) is 16.6. The summed E-state index contributed by atoms with van der Waals surface area (Å²) in [5, 5.41) is 29.5. The van der Waals surface area contributed by atoms with Crippen molar-refractivity contribution in [3.8, 4) is 0 Å². The summed E-state index contributed by atoms with van der Waals surface area (Å²) in [6, 6.07) is 0.992. The van der Waals surface area contributed by atoms with Crippen LogP contribution in [0.3, 0.4) is 0 Å². The first-order valence-corrected chi connectivity index (χ1v) is 6.77. The molecule has 0 aromatic carbocycles. The van der Waals surface area contributed by atoms with Crippen molar-refractivity contribution in [2.24, 2.45) is 5.92 Å². The third-order valence-corrected chi connectivity index (χ3v) is 3.68. The standard InChI is InChI=1S/C13H18N2O7/c1-6(2)10(19)13(11(20)9(18)7(5-16)22-13)15-4-3-8(17)14-12(15)21/h3-4,6-7,9,11,16,18,20H,5H2,1-2H3,(H,14,17,21)/t7-,9-,11-,13-/m1/s1. The zero-order valence-electron chi connectivity index (χ0n) is 12.1. The number of Topliss-reactive ketones (excluding diaryl/α,β-unsaturated/α-hetero) is 1. The van der Waals surface area contributed by atoms with Gasteiger partial charge < -0.3 is 20.1 Å². The van der Waals surface area contributed by atoms with E-state index in [4.69, 9.17) is 4.74 Å². The van der Waals surface area contributed by atoms with Gasteiger partial charge in [0.25, 0.3) is 5.56 Å². The molecule has 4 atom stereocenters. The van der Waals surface area contributed by atoms with Gasteiger partial charge in [0.1, 0.15) is 18.3 Å². The average molecular weight is 314 g/mol. The average Bonchev–Trinajstić information content (AvgIpc) is 2.72. The normalized spacial score (nSPS) is 31.6. The van der Waals surface area contributed by atoms with Crippen LogP contribution in [0, 0.1) is 5.92 Å².